The zero-order valence-corrected chi connectivity index (χ0v) is 44.7. The first kappa shape index (κ1) is 56.0. The number of aliphatic hydroxyl groups excluding tert-OH is 2. The number of Topliss-reactive ketones (excluding diaryl/α,β-unsaturated/α-hetero) is 1. The second-order valence-corrected chi connectivity index (χ2v) is 20.9. The van der Waals surface area contributed by atoms with E-state index in [9.17, 15) is 54.6 Å². The van der Waals surface area contributed by atoms with Crippen molar-refractivity contribution in [3.8, 4) is 23.0 Å². The van der Waals surface area contributed by atoms with Crippen LogP contribution in [0.1, 0.15) is 99.2 Å². The topological polar surface area (TPSA) is 279 Å². The Hall–Kier alpha value is -7.20. The summed E-state index contributed by atoms with van der Waals surface area (Å²) in [7, 11) is 1.41. The van der Waals surface area contributed by atoms with Crippen LogP contribution in [0.3, 0.4) is 0 Å². The Morgan fingerprint density at radius 2 is 1.62 bits per heavy atom. The van der Waals surface area contributed by atoms with E-state index in [1.54, 1.807) is 48.2 Å². The smallest absolute Gasteiger partial charge is 0.341 e. The number of phenolic OH excluding ortho intramolecular Hbond substituents is 3. The van der Waals surface area contributed by atoms with E-state index in [0.29, 0.717) is 12.8 Å². The Morgan fingerprint density at radius 3 is 2.25 bits per heavy atom. The van der Waals surface area contributed by atoms with Crippen molar-refractivity contribution >= 4 is 74.5 Å². The Balaban J connectivity index is 1.19. The maximum atomic E-state index is 16.1. The number of rotatable bonds is 7. The summed E-state index contributed by atoms with van der Waals surface area (Å²) in [5.74, 6) is -11.6. The van der Waals surface area contributed by atoms with Crippen LogP contribution in [-0.2, 0) is 23.8 Å². The Kier molecular flexibility index (Phi) is 15.8. The maximum Gasteiger partial charge on any atom is 0.341 e. The van der Waals surface area contributed by atoms with E-state index in [-0.39, 0.29) is 87.2 Å². The molecule has 1 amide bonds. The van der Waals surface area contributed by atoms with Crippen molar-refractivity contribution in [2.75, 3.05) is 43.5 Å². The number of carboxylic acid groups (broad SMARTS) is 1. The van der Waals surface area contributed by atoms with E-state index in [1.165, 1.54) is 59.2 Å². The number of halogens is 2. The number of hydrogen-bond acceptors (Lipinski definition) is 17. The number of fused-ring (bicyclic) bond motifs is 15. The fourth-order valence-corrected chi connectivity index (χ4v) is 11.0. The van der Waals surface area contributed by atoms with Crippen LogP contribution < -0.4 is 20.4 Å². The Labute approximate surface area is 447 Å². The monoisotopic (exact) mass is 1090 g/mol. The molecule has 5 bridgehead atoms. The largest absolute Gasteiger partial charge is 0.507 e. The third-order valence-corrected chi connectivity index (χ3v) is 15.7. The van der Waals surface area contributed by atoms with E-state index in [4.69, 9.17) is 30.5 Å². The average Bonchev–Trinajstić information content (AvgIpc) is 4.21. The van der Waals surface area contributed by atoms with Crippen molar-refractivity contribution in [3.63, 3.8) is 0 Å². The first-order chi connectivity index (χ1) is 36.3. The number of hydrazone groups is 1. The molecule has 4 aliphatic heterocycles. The van der Waals surface area contributed by atoms with Crippen molar-refractivity contribution in [1.29, 1.82) is 0 Å². The number of hydrogen-bond donors (Lipinski definition) is 7. The zero-order valence-electron chi connectivity index (χ0n) is 44.0. The van der Waals surface area contributed by atoms with Gasteiger partial charge in [0, 0.05) is 86.5 Å². The molecular formula is C55H63ClFN5O15. The lowest BCUT2D eigenvalue weighted by Crippen LogP contribution is -2.46. The van der Waals surface area contributed by atoms with Gasteiger partial charge in [0.25, 0.3) is 11.7 Å². The van der Waals surface area contributed by atoms with Crippen molar-refractivity contribution < 1.29 is 73.2 Å². The van der Waals surface area contributed by atoms with Gasteiger partial charge in [-0.15, -0.1) is 0 Å². The molecule has 1 aromatic heterocycles. The molecule has 7 N–H and O–H groups in total. The Bertz CT molecular complexity index is 3270. The van der Waals surface area contributed by atoms with E-state index in [0.717, 1.165) is 18.5 Å². The molecule has 0 unspecified atom stereocenters. The fraction of sp³-hybridized carbons (Fsp3) is 0.455. The number of allylic oxidation sites excluding steroid dienone is 2. The van der Waals surface area contributed by atoms with E-state index >= 15 is 4.39 Å². The summed E-state index contributed by atoms with van der Waals surface area (Å²) in [5, 5.41) is 77.0. The summed E-state index contributed by atoms with van der Waals surface area (Å²) in [6.45, 7) is 12.7. The van der Waals surface area contributed by atoms with Gasteiger partial charge in [-0.3, -0.25) is 24.2 Å². The number of carboxylic acids is 1. The minimum Gasteiger partial charge on any atom is -0.507 e. The lowest BCUT2D eigenvalue weighted by atomic mass is 9.78. The summed E-state index contributed by atoms with van der Waals surface area (Å²) >= 11 is 6.92. The molecule has 5 aliphatic rings. The lowest BCUT2D eigenvalue weighted by molar-refractivity contribution is -0.160. The summed E-state index contributed by atoms with van der Waals surface area (Å²) in [5.41, 5.74) is -2.05. The average molecular weight is 1090 g/mol. The normalized spacial score (nSPS) is 28.1. The SMILES string of the molecule is CO[C@H]1/C=C/O[C@@]2(C)Oc3c(C)c(O)c4c(O)c(c(/C=N/N5CCN(c6c(F)cc7c(=O)c(C(=O)O)cn(C8CC8)c7c6Cl)CC5)c(O)c4c3C2=O)NC(=O)/C(C)=C\C=C\[C@@H](C)[C@H](O)[C@@H](C)[C@@H](O)[C@@H](C)[C@H](OC(C)=O)[C@@H]1C. The van der Waals surface area contributed by atoms with Crippen molar-refractivity contribution in [3.05, 3.63) is 91.7 Å². The summed E-state index contributed by atoms with van der Waals surface area (Å²) in [6, 6.07) is 0.884. The number of ether oxygens (including phenoxy) is 4. The zero-order chi connectivity index (χ0) is 56.3. The van der Waals surface area contributed by atoms with Crippen molar-refractivity contribution in [1.82, 2.24) is 9.58 Å². The number of esters is 1. The number of amides is 1. The maximum absolute atomic E-state index is 16.1. The fourth-order valence-electron chi connectivity index (χ4n) is 10.6. The van der Waals surface area contributed by atoms with Gasteiger partial charge in [0.05, 0.1) is 87.7 Å². The number of anilines is 2. The van der Waals surface area contributed by atoms with E-state index < -0.39 is 123 Å². The molecule has 9 atom stereocenters. The molecule has 1 saturated heterocycles. The van der Waals surface area contributed by atoms with Crippen LogP contribution in [0.25, 0.3) is 21.7 Å². The number of carbonyl (C=O) groups excluding carboxylic acids is 3. The number of aromatic hydroxyl groups is 3. The van der Waals surface area contributed by atoms with Crippen LogP contribution >= 0.6 is 11.6 Å². The molecule has 20 nitrogen and oxygen atoms in total. The van der Waals surface area contributed by atoms with Crippen LogP contribution in [0.4, 0.5) is 15.8 Å². The highest BCUT2D eigenvalue weighted by atomic mass is 35.5. The van der Waals surface area contributed by atoms with Gasteiger partial charge in [-0.1, -0.05) is 57.5 Å². The number of pyridine rings is 1. The second kappa shape index (κ2) is 21.7. The van der Waals surface area contributed by atoms with Gasteiger partial charge >= 0.3 is 17.7 Å². The minimum absolute atomic E-state index is 0.00567. The highest BCUT2D eigenvalue weighted by Gasteiger charge is 2.50. The first-order valence-corrected chi connectivity index (χ1v) is 25.6. The summed E-state index contributed by atoms with van der Waals surface area (Å²) < 4.78 is 41.4. The summed E-state index contributed by atoms with van der Waals surface area (Å²) in [6.07, 6.45) is 6.92. The van der Waals surface area contributed by atoms with Crippen molar-refractivity contribution in [2.24, 2.45) is 28.8 Å². The number of carbonyl (C=O) groups is 4. The molecular weight excluding hydrogens is 1030 g/mol. The molecule has 2 fully saturated rings. The van der Waals surface area contributed by atoms with Crippen LogP contribution in [0.15, 0.2) is 58.3 Å². The number of piperazine rings is 1. The van der Waals surface area contributed by atoms with Crippen LogP contribution in [0, 0.1) is 36.4 Å². The molecule has 0 spiro atoms. The van der Waals surface area contributed by atoms with Gasteiger partial charge in [-0.2, -0.15) is 5.10 Å². The predicted molar refractivity (Wildman–Crippen MR) is 284 cm³/mol. The third-order valence-electron chi connectivity index (χ3n) is 15.3. The molecule has 3 aromatic carbocycles. The number of benzene rings is 3. The number of nitrogens with zero attached hydrogens (tertiary/aromatic N) is 4. The third kappa shape index (κ3) is 10.3. The molecule has 1 aliphatic carbocycles. The number of methoxy groups -OCH3 is 1. The summed E-state index contributed by atoms with van der Waals surface area (Å²) in [4.78, 5) is 68.0. The number of aromatic carboxylic acids is 1. The van der Waals surface area contributed by atoms with Crippen molar-refractivity contribution in [2.45, 2.75) is 104 Å². The standard InChI is InChI=1S/C55H63ClFN5O15/c1-24-11-10-12-25(2)53(71)59-41-33(22-58-61-18-16-60(17-19-61)43-35(57)21-32-42(40(43)56)62(31-13-14-31)23-34(47(32)67)54(72)73)48(68)37-38(49(41)69)46(66)29(6)51-39(37)52(70)55(8,77-51)75-20-15-36(74-9)26(3)50(76-30(7)63)28(5)45(65)27(4)44(24)64/h10-12,15,20-24,26-28,31,36,44-45,50,64-66,68-69H,13-14,16-19H2,1-9H3,(H,59,71)(H,72,73)/b11-10+,20-15+,25-12-,58-22+/t24-,26-,27-,28-,36+,44+,45-,50-,55+/m1/s1. The van der Waals surface area contributed by atoms with Gasteiger partial charge < -0.3 is 64.4 Å². The number of ketones is 1. The van der Waals surface area contributed by atoms with Gasteiger partial charge in [0.15, 0.2) is 5.75 Å². The second-order valence-electron chi connectivity index (χ2n) is 20.5. The number of aliphatic hydroxyl groups is 2. The molecule has 77 heavy (non-hydrogen) atoms. The molecule has 4 aromatic rings. The van der Waals surface area contributed by atoms with Crippen LogP contribution in [0.2, 0.25) is 5.02 Å². The number of phenols is 3. The first-order valence-electron chi connectivity index (χ1n) is 25.2. The van der Waals surface area contributed by atoms with Crippen LogP contribution in [-0.4, -0.2) is 134 Å². The van der Waals surface area contributed by atoms with Gasteiger partial charge in [-0.05, 0) is 38.8 Å². The minimum atomic E-state index is -2.15. The molecule has 412 valence electrons. The molecule has 5 heterocycles. The number of aromatic nitrogens is 1. The molecule has 22 heteroatoms. The van der Waals surface area contributed by atoms with Gasteiger partial charge in [0.2, 0.25) is 5.43 Å². The highest BCUT2D eigenvalue weighted by molar-refractivity contribution is 6.38. The predicted octanol–water partition coefficient (Wildman–Crippen LogP) is 7.05. The molecule has 1 saturated carbocycles. The van der Waals surface area contributed by atoms with Crippen LogP contribution in [0.5, 0.6) is 23.0 Å². The molecule has 9 rings (SSSR count). The lowest BCUT2D eigenvalue weighted by Gasteiger charge is -2.38. The van der Waals surface area contributed by atoms with Gasteiger partial charge in [0.1, 0.15) is 34.7 Å². The quantitative estimate of drug-likeness (QED) is 0.0422. The number of nitrogens with one attached hydrogen (secondary N) is 1. The van der Waals surface area contributed by atoms with E-state index in [2.05, 4.69) is 10.4 Å². The molecule has 0 radical (unpaired) electrons. The van der Waals surface area contributed by atoms with Gasteiger partial charge in [-0.25, -0.2) is 9.18 Å². The Morgan fingerprint density at radius 1 is 0.948 bits per heavy atom. The van der Waals surface area contributed by atoms with E-state index in [1.807, 2.05) is 0 Å². The highest BCUT2D eigenvalue weighted by Crippen LogP contribution is 2.55.